The van der Waals surface area contributed by atoms with E-state index in [0.717, 1.165) is 17.3 Å². The number of hydrogen-bond donors (Lipinski definition) is 2. The summed E-state index contributed by atoms with van der Waals surface area (Å²) < 4.78 is 17.6. The molecule has 0 spiro atoms. The minimum atomic E-state index is -0.600. The van der Waals surface area contributed by atoms with Crippen LogP contribution in [0.4, 0.5) is 15.8 Å². The Hall–Kier alpha value is -2.87. The maximum Gasteiger partial charge on any atom is 0.316 e. The van der Waals surface area contributed by atoms with Crippen molar-refractivity contribution in [3.05, 3.63) is 59.9 Å². The number of esters is 1. The molecule has 8 heteroatoms. The van der Waals surface area contributed by atoms with Crippen LogP contribution < -0.4 is 10.6 Å². The molecule has 6 nitrogen and oxygen atoms in total. The van der Waals surface area contributed by atoms with E-state index < -0.39 is 24.3 Å². The van der Waals surface area contributed by atoms with Gasteiger partial charge in [-0.25, -0.2) is 4.39 Å². The quantitative estimate of drug-likeness (QED) is 0.677. The van der Waals surface area contributed by atoms with Crippen LogP contribution in [0.25, 0.3) is 0 Å². The number of carbonyl (C=O) groups is 3. The van der Waals surface area contributed by atoms with Crippen molar-refractivity contribution in [2.24, 2.45) is 0 Å². The predicted molar refractivity (Wildman–Crippen MR) is 103 cm³/mol. The average Bonchev–Trinajstić information content (AvgIpc) is 2.64. The highest BCUT2D eigenvalue weighted by molar-refractivity contribution is 8.00. The second-order valence-electron chi connectivity index (χ2n) is 5.62. The Bertz CT molecular complexity index is 794. The molecule has 27 heavy (non-hydrogen) atoms. The fourth-order valence-corrected chi connectivity index (χ4v) is 2.59. The fourth-order valence-electron chi connectivity index (χ4n) is 1.98. The number of ether oxygens (including phenoxy) is 1. The molecule has 0 aliphatic rings. The van der Waals surface area contributed by atoms with Crippen LogP contribution in [0.1, 0.15) is 5.56 Å². The van der Waals surface area contributed by atoms with E-state index in [1.165, 1.54) is 24.3 Å². The standard InChI is InChI=1S/C19H19FN2O4S/c1-13-2-6-15(7-3-13)22-18(24)11-27-12-19(25)26-10-17(23)21-16-8-4-14(20)5-9-16/h2-9H,10-12H2,1H3,(H,21,23)(H,22,24). The van der Waals surface area contributed by atoms with Crippen LogP contribution >= 0.6 is 11.8 Å². The van der Waals surface area contributed by atoms with Gasteiger partial charge in [0.15, 0.2) is 6.61 Å². The maximum absolute atomic E-state index is 12.8. The summed E-state index contributed by atoms with van der Waals surface area (Å²) in [6.45, 7) is 1.50. The van der Waals surface area contributed by atoms with Gasteiger partial charge < -0.3 is 15.4 Å². The lowest BCUT2D eigenvalue weighted by atomic mass is 10.2. The van der Waals surface area contributed by atoms with Gasteiger partial charge in [0.2, 0.25) is 5.91 Å². The van der Waals surface area contributed by atoms with Gasteiger partial charge in [0.1, 0.15) is 5.82 Å². The predicted octanol–water partition coefficient (Wildman–Crippen LogP) is 2.99. The number of hydrogen-bond acceptors (Lipinski definition) is 5. The lowest BCUT2D eigenvalue weighted by Crippen LogP contribution is -2.22. The van der Waals surface area contributed by atoms with Crippen LogP contribution in [-0.4, -0.2) is 35.9 Å². The van der Waals surface area contributed by atoms with E-state index in [0.29, 0.717) is 11.4 Å². The lowest BCUT2D eigenvalue weighted by Gasteiger charge is -2.07. The molecule has 0 unspecified atom stereocenters. The van der Waals surface area contributed by atoms with Gasteiger partial charge in [0.05, 0.1) is 11.5 Å². The van der Waals surface area contributed by atoms with Crippen LogP contribution in [0.5, 0.6) is 0 Å². The molecule has 0 radical (unpaired) electrons. The minimum absolute atomic E-state index is 0.0505. The SMILES string of the molecule is Cc1ccc(NC(=O)CSCC(=O)OCC(=O)Nc2ccc(F)cc2)cc1. The van der Waals surface area contributed by atoms with Crippen molar-refractivity contribution in [3.63, 3.8) is 0 Å². The molecular formula is C19H19FN2O4S. The Morgan fingerprint density at radius 3 is 2.07 bits per heavy atom. The molecule has 0 bridgehead atoms. The summed E-state index contributed by atoms with van der Waals surface area (Å²) in [5, 5.41) is 5.20. The average molecular weight is 390 g/mol. The Balaban J connectivity index is 1.61. The van der Waals surface area contributed by atoms with Crippen molar-refractivity contribution >= 4 is 40.9 Å². The molecule has 2 N–H and O–H groups in total. The second-order valence-corrected chi connectivity index (χ2v) is 6.61. The van der Waals surface area contributed by atoms with Gasteiger partial charge in [-0.1, -0.05) is 17.7 Å². The molecule has 142 valence electrons. The summed E-state index contributed by atoms with van der Waals surface area (Å²) in [7, 11) is 0. The lowest BCUT2D eigenvalue weighted by molar-refractivity contribution is -0.144. The van der Waals surface area contributed by atoms with E-state index in [2.05, 4.69) is 10.6 Å². The number of thioether (sulfide) groups is 1. The molecule has 0 aromatic heterocycles. The summed E-state index contributed by atoms with van der Waals surface area (Å²) >= 11 is 1.09. The molecule has 0 atom stereocenters. The molecule has 2 aromatic rings. The molecule has 0 aliphatic carbocycles. The van der Waals surface area contributed by atoms with Crippen LogP contribution in [0.2, 0.25) is 0 Å². The maximum atomic E-state index is 12.8. The smallest absolute Gasteiger partial charge is 0.316 e. The van der Waals surface area contributed by atoms with E-state index in [4.69, 9.17) is 4.74 Å². The Labute approximate surface area is 160 Å². The number of rotatable bonds is 8. The van der Waals surface area contributed by atoms with E-state index in [1.54, 1.807) is 12.1 Å². The first-order valence-corrected chi connectivity index (χ1v) is 9.23. The minimum Gasteiger partial charge on any atom is -0.455 e. The summed E-state index contributed by atoms with van der Waals surface area (Å²) in [6, 6.07) is 12.6. The van der Waals surface area contributed by atoms with Crippen LogP contribution in [0, 0.1) is 12.7 Å². The topological polar surface area (TPSA) is 84.5 Å². The number of carbonyl (C=O) groups excluding carboxylic acids is 3. The highest BCUT2D eigenvalue weighted by atomic mass is 32.2. The number of aryl methyl sites for hydroxylation is 1. The van der Waals surface area contributed by atoms with Crippen molar-refractivity contribution in [1.29, 1.82) is 0 Å². The van der Waals surface area contributed by atoms with E-state index >= 15 is 0 Å². The molecule has 2 rings (SSSR count). The summed E-state index contributed by atoms with van der Waals surface area (Å²) in [5.41, 5.74) is 2.18. The Morgan fingerprint density at radius 1 is 0.889 bits per heavy atom. The number of amides is 2. The zero-order valence-corrected chi connectivity index (χ0v) is 15.5. The number of anilines is 2. The van der Waals surface area contributed by atoms with Crippen LogP contribution in [0.15, 0.2) is 48.5 Å². The summed E-state index contributed by atoms with van der Waals surface area (Å²) in [5.74, 6) is -1.74. The van der Waals surface area contributed by atoms with Gasteiger partial charge in [-0.15, -0.1) is 11.8 Å². The van der Waals surface area contributed by atoms with Crippen LogP contribution in [-0.2, 0) is 19.1 Å². The zero-order chi connectivity index (χ0) is 19.6. The number of halogens is 1. The van der Waals surface area contributed by atoms with E-state index in [9.17, 15) is 18.8 Å². The molecule has 0 aliphatic heterocycles. The third-order valence-corrected chi connectivity index (χ3v) is 4.19. The van der Waals surface area contributed by atoms with E-state index in [1.807, 2.05) is 19.1 Å². The first-order chi connectivity index (χ1) is 12.9. The monoisotopic (exact) mass is 390 g/mol. The first kappa shape index (κ1) is 20.4. The van der Waals surface area contributed by atoms with E-state index in [-0.39, 0.29) is 17.4 Å². The number of benzene rings is 2. The Kier molecular flexibility index (Phi) is 7.81. The highest BCUT2D eigenvalue weighted by Crippen LogP contribution is 2.10. The molecule has 0 heterocycles. The largest absolute Gasteiger partial charge is 0.455 e. The molecule has 0 saturated carbocycles. The molecule has 0 fully saturated rings. The molecule has 2 amide bonds. The third-order valence-electron chi connectivity index (χ3n) is 3.28. The normalized spacial score (nSPS) is 10.1. The first-order valence-electron chi connectivity index (χ1n) is 8.07. The van der Waals surface area contributed by atoms with Gasteiger partial charge in [0.25, 0.3) is 5.91 Å². The molecule has 2 aromatic carbocycles. The van der Waals surface area contributed by atoms with Crippen molar-refractivity contribution in [2.45, 2.75) is 6.92 Å². The highest BCUT2D eigenvalue weighted by Gasteiger charge is 2.10. The Morgan fingerprint density at radius 2 is 1.44 bits per heavy atom. The van der Waals surface area contributed by atoms with Gasteiger partial charge in [-0.3, -0.25) is 14.4 Å². The van der Waals surface area contributed by atoms with Crippen molar-refractivity contribution in [2.75, 3.05) is 28.7 Å². The summed E-state index contributed by atoms with van der Waals surface area (Å²) in [6.07, 6.45) is 0. The van der Waals surface area contributed by atoms with Crippen molar-refractivity contribution in [1.82, 2.24) is 0 Å². The van der Waals surface area contributed by atoms with Crippen molar-refractivity contribution in [3.8, 4) is 0 Å². The van der Waals surface area contributed by atoms with Crippen LogP contribution in [0.3, 0.4) is 0 Å². The molecule has 0 saturated heterocycles. The second kappa shape index (κ2) is 10.3. The van der Waals surface area contributed by atoms with Gasteiger partial charge in [0, 0.05) is 11.4 Å². The summed E-state index contributed by atoms with van der Waals surface area (Å²) in [4.78, 5) is 35.1. The fraction of sp³-hybridized carbons (Fsp3) is 0.211. The zero-order valence-electron chi connectivity index (χ0n) is 14.7. The third kappa shape index (κ3) is 7.91. The van der Waals surface area contributed by atoms with Gasteiger partial charge in [-0.2, -0.15) is 0 Å². The number of nitrogens with one attached hydrogen (secondary N) is 2. The van der Waals surface area contributed by atoms with Gasteiger partial charge in [-0.05, 0) is 43.3 Å². The van der Waals surface area contributed by atoms with Crippen molar-refractivity contribution < 1.29 is 23.5 Å². The van der Waals surface area contributed by atoms with Gasteiger partial charge >= 0.3 is 5.97 Å². The molecular weight excluding hydrogens is 371 g/mol.